The molecule has 1 aliphatic heterocycles. The number of aromatic nitrogens is 1. The minimum atomic E-state index is -1.15. The van der Waals surface area contributed by atoms with Crippen LogP contribution in [0.2, 0.25) is 0 Å². The van der Waals surface area contributed by atoms with E-state index in [1.54, 1.807) is 48.5 Å². The van der Waals surface area contributed by atoms with Gasteiger partial charge in [-0.1, -0.05) is 23.5 Å². The summed E-state index contributed by atoms with van der Waals surface area (Å²) in [6.07, 6.45) is 0. The molecule has 1 aromatic heterocycles. The van der Waals surface area contributed by atoms with Gasteiger partial charge in [0.1, 0.15) is 17.3 Å². The fourth-order valence-electron chi connectivity index (χ4n) is 4.31. The summed E-state index contributed by atoms with van der Waals surface area (Å²) in [4.78, 5) is 43.5. The Kier molecular flexibility index (Phi) is 6.52. The van der Waals surface area contributed by atoms with Crippen molar-refractivity contribution in [3.63, 3.8) is 0 Å². The number of thiazole rings is 1. The minimum Gasteiger partial charge on any atom is -0.507 e. The fourth-order valence-corrected chi connectivity index (χ4v) is 5.33. The van der Waals surface area contributed by atoms with Gasteiger partial charge in [-0.2, -0.15) is 0 Å². The van der Waals surface area contributed by atoms with E-state index in [0.29, 0.717) is 23.6 Å². The Labute approximate surface area is 220 Å². The summed E-state index contributed by atoms with van der Waals surface area (Å²) in [5.41, 5.74) is 0.731. The van der Waals surface area contributed by atoms with Crippen molar-refractivity contribution in [1.82, 2.24) is 4.98 Å². The summed E-state index contributed by atoms with van der Waals surface area (Å²) < 4.78 is 11.4. The molecule has 1 N–H and O–H groups in total. The summed E-state index contributed by atoms with van der Waals surface area (Å²) in [5.74, 6) is -1.07. The van der Waals surface area contributed by atoms with Crippen LogP contribution in [0.4, 0.5) is 10.8 Å². The average molecular weight is 532 g/mol. The lowest BCUT2D eigenvalue weighted by atomic mass is 9.95. The molecule has 38 heavy (non-hydrogen) atoms. The van der Waals surface area contributed by atoms with Crippen LogP contribution in [0.3, 0.4) is 0 Å². The number of hydrogen-bond donors (Lipinski definition) is 1. The number of rotatable bonds is 7. The van der Waals surface area contributed by atoms with Crippen LogP contribution in [0.15, 0.2) is 72.3 Å². The topological polar surface area (TPSA) is 132 Å². The number of benzene rings is 3. The number of nitrogens with zero attached hydrogens (tertiary/aromatic N) is 3. The molecule has 0 unspecified atom stereocenters. The average Bonchev–Trinajstić information content (AvgIpc) is 3.46. The molecule has 1 amide bonds. The number of carbonyl (C=O) groups excluding carboxylic acids is 2. The molecule has 192 valence electrons. The third-order valence-electron chi connectivity index (χ3n) is 6.07. The van der Waals surface area contributed by atoms with Gasteiger partial charge in [0.2, 0.25) is 0 Å². The lowest BCUT2D eigenvalue weighted by Crippen LogP contribution is -2.29. The van der Waals surface area contributed by atoms with Crippen LogP contribution >= 0.6 is 11.3 Å². The molecule has 1 fully saturated rings. The Morgan fingerprint density at radius 3 is 2.53 bits per heavy atom. The summed E-state index contributed by atoms with van der Waals surface area (Å²) in [6.45, 7) is 2.34. The van der Waals surface area contributed by atoms with Gasteiger partial charge in [-0.05, 0) is 55.0 Å². The van der Waals surface area contributed by atoms with E-state index in [4.69, 9.17) is 9.47 Å². The molecule has 1 aliphatic rings. The number of anilines is 1. The van der Waals surface area contributed by atoms with Crippen LogP contribution in [0.25, 0.3) is 16.0 Å². The number of ether oxygens (including phenoxy) is 2. The Morgan fingerprint density at radius 1 is 1.11 bits per heavy atom. The van der Waals surface area contributed by atoms with E-state index in [1.165, 1.54) is 41.5 Å². The van der Waals surface area contributed by atoms with E-state index in [2.05, 4.69) is 4.98 Å². The molecule has 3 aromatic carbocycles. The van der Waals surface area contributed by atoms with Crippen molar-refractivity contribution in [2.75, 3.05) is 18.6 Å². The van der Waals surface area contributed by atoms with Crippen LogP contribution in [0, 0.1) is 10.1 Å². The molecule has 1 saturated heterocycles. The van der Waals surface area contributed by atoms with Gasteiger partial charge in [0.25, 0.3) is 11.5 Å². The predicted molar refractivity (Wildman–Crippen MR) is 142 cm³/mol. The number of fused-ring (bicyclic) bond motifs is 1. The number of methoxy groups -OCH3 is 1. The molecule has 10 nitrogen and oxygen atoms in total. The number of aliphatic hydroxyl groups is 1. The zero-order valence-electron chi connectivity index (χ0n) is 20.3. The highest BCUT2D eigenvalue weighted by Gasteiger charge is 2.48. The summed E-state index contributed by atoms with van der Waals surface area (Å²) in [6, 6.07) is 16.1. The Balaban J connectivity index is 1.70. The molecule has 4 aromatic rings. The third kappa shape index (κ3) is 4.33. The second-order valence-electron chi connectivity index (χ2n) is 8.31. The minimum absolute atomic E-state index is 0.199. The Hall–Kier alpha value is -4.77. The van der Waals surface area contributed by atoms with Crippen LogP contribution in [-0.4, -0.2) is 40.4 Å². The van der Waals surface area contributed by atoms with Crippen molar-refractivity contribution in [3.8, 4) is 11.5 Å². The third-order valence-corrected chi connectivity index (χ3v) is 7.09. The zero-order valence-corrected chi connectivity index (χ0v) is 21.1. The van der Waals surface area contributed by atoms with Crippen molar-refractivity contribution in [3.05, 3.63) is 93.5 Å². The Bertz CT molecular complexity index is 1610. The van der Waals surface area contributed by atoms with Gasteiger partial charge in [-0.3, -0.25) is 24.6 Å². The summed E-state index contributed by atoms with van der Waals surface area (Å²) in [5, 5.41) is 23.0. The first-order chi connectivity index (χ1) is 18.3. The van der Waals surface area contributed by atoms with Crippen molar-refractivity contribution in [2.45, 2.75) is 13.0 Å². The lowest BCUT2D eigenvalue weighted by molar-refractivity contribution is -0.384. The van der Waals surface area contributed by atoms with Gasteiger partial charge in [-0.15, -0.1) is 0 Å². The first-order valence-corrected chi connectivity index (χ1v) is 12.4. The SMILES string of the molecule is CCOc1ccc2nc(N3C(=O)C(=O)C(=C(O)c4ccc(OC)cc4)[C@@H]3c3cccc([N+](=O)[O-])c3)sc2c1. The highest BCUT2D eigenvalue weighted by Crippen LogP contribution is 2.45. The fraction of sp³-hybridized carbons (Fsp3) is 0.148. The van der Waals surface area contributed by atoms with Gasteiger partial charge in [0.05, 0.1) is 40.5 Å². The number of nitro benzene ring substituents is 1. The van der Waals surface area contributed by atoms with E-state index in [1.807, 2.05) is 6.92 Å². The number of aliphatic hydroxyl groups excluding tert-OH is 1. The van der Waals surface area contributed by atoms with Crippen LogP contribution < -0.4 is 14.4 Å². The van der Waals surface area contributed by atoms with E-state index in [0.717, 1.165) is 4.70 Å². The molecule has 1 atom stereocenters. The normalized spacial score (nSPS) is 16.7. The van der Waals surface area contributed by atoms with E-state index >= 15 is 0 Å². The largest absolute Gasteiger partial charge is 0.507 e. The molecule has 0 spiro atoms. The second-order valence-corrected chi connectivity index (χ2v) is 9.32. The molecule has 0 saturated carbocycles. The van der Waals surface area contributed by atoms with Gasteiger partial charge < -0.3 is 14.6 Å². The smallest absolute Gasteiger partial charge is 0.301 e. The van der Waals surface area contributed by atoms with Crippen LogP contribution in [0.5, 0.6) is 11.5 Å². The van der Waals surface area contributed by atoms with Gasteiger partial charge in [0.15, 0.2) is 5.13 Å². The van der Waals surface area contributed by atoms with Gasteiger partial charge in [0, 0.05) is 17.7 Å². The maximum Gasteiger partial charge on any atom is 0.301 e. The van der Waals surface area contributed by atoms with Crippen molar-refractivity contribution < 1.29 is 29.1 Å². The van der Waals surface area contributed by atoms with E-state index < -0.39 is 28.4 Å². The number of carbonyl (C=O) groups is 2. The van der Waals surface area contributed by atoms with Gasteiger partial charge >= 0.3 is 5.91 Å². The number of hydrogen-bond acceptors (Lipinski definition) is 9. The quantitative estimate of drug-likeness (QED) is 0.113. The number of nitro groups is 1. The zero-order chi connectivity index (χ0) is 27.0. The van der Waals surface area contributed by atoms with Crippen LogP contribution in [-0.2, 0) is 9.59 Å². The van der Waals surface area contributed by atoms with Crippen molar-refractivity contribution >= 4 is 49.8 Å². The summed E-state index contributed by atoms with van der Waals surface area (Å²) >= 11 is 1.17. The molecular formula is C27H21N3O7S. The first-order valence-electron chi connectivity index (χ1n) is 11.6. The molecule has 2 heterocycles. The monoisotopic (exact) mass is 531 g/mol. The molecular weight excluding hydrogens is 510 g/mol. The van der Waals surface area contributed by atoms with Crippen molar-refractivity contribution in [1.29, 1.82) is 0 Å². The molecule has 0 bridgehead atoms. The lowest BCUT2D eigenvalue weighted by Gasteiger charge is -2.22. The van der Waals surface area contributed by atoms with Gasteiger partial charge in [-0.25, -0.2) is 4.98 Å². The molecule has 5 rings (SSSR count). The van der Waals surface area contributed by atoms with Crippen LogP contribution in [0.1, 0.15) is 24.1 Å². The Morgan fingerprint density at radius 2 is 1.84 bits per heavy atom. The van der Waals surface area contributed by atoms with E-state index in [-0.39, 0.29) is 27.5 Å². The number of amides is 1. The number of Topliss-reactive ketones (excluding diaryl/α,β-unsaturated/α-hetero) is 1. The van der Waals surface area contributed by atoms with E-state index in [9.17, 15) is 24.8 Å². The number of ketones is 1. The predicted octanol–water partition coefficient (Wildman–Crippen LogP) is 5.24. The highest BCUT2D eigenvalue weighted by molar-refractivity contribution is 7.22. The summed E-state index contributed by atoms with van der Waals surface area (Å²) in [7, 11) is 1.50. The maximum absolute atomic E-state index is 13.4. The standard InChI is InChI=1S/C27H21N3O7S/c1-3-37-19-11-12-20-21(14-19)38-27(28-20)29-23(16-5-4-6-17(13-16)30(34)35)22(25(32)26(29)33)24(31)15-7-9-18(36-2)10-8-15/h4-14,23,31H,3H2,1-2H3/t23-/m0/s1. The highest BCUT2D eigenvalue weighted by atomic mass is 32.1. The molecule has 0 aliphatic carbocycles. The maximum atomic E-state index is 13.4. The first kappa shape index (κ1) is 24.9. The molecule has 11 heteroatoms. The molecule has 0 radical (unpaired) electrons. The van der Waals surface area contributed by atoms with Crippen molar-refractivity contribution in [2.24, 2.45) is 0 Å². The second kappa shape index (κ2) is 9.94. The number of non-ortho nitro benzene ring substituents is 1.